The van der Waals surface area contributed by atoms with Gasteiger partial charge in [0.15, 0.2) is 11.2 Å². The topological polar surface area (TPSA) is 91.3 Å². The first-order valence-corrected chi connectivity index (χ1v) is 7.25. The number of aromatic nitrogens is 4. The van der Waals surface area contributed by atoms with Gasteiger partial charge in [-0.05, 0) is 0 Å². The highest BCUT2D eigenvalue weighted by Gasteiger charge is 2.31. The van der Waals surface area contributed by atoms with Gasteiger partial charge in [-0.1, -0.05) is 34.8 Å². The number of halogens is 3. The molecule has 0 saturated heterocycles. The molecule has 2 heterocycles. The van der Waals surface area contributed by atoms with Crippen molar-refractivity contribution in [3.63, 3.8) is 0 Å². The molecule has 0 unspecified atom stereocenters. The Kier molecular flexibility index (Phi) is 4.88. The van der Waals surface area contributed by atoms with E-state index in [0.29, 0.717) is 0 Å². The molecular weight excluding hydrogens is 359 g/mol. The van der Waals surface area contributed by atoms with E-state index in [-0.39, 0.29) is 24.3 Å². The van der Waals surface area contributed by atoms with E-state index in [4.69, 9.17) is 39.5 Å². The second kappa shape index (κ2) is 6.21. The minimum Gasteiger partial charge on any atom is -0.365 e. The van der Waals surface area contributed by atoms with Gasteiger partial charge in [0, 0.05) is 20.6 Å². The van der Waals surface area contributed by atoms with E-state index in [1.807, 2.05) is 0 Å². The average molecular weight is 372 g/mol. The molecule has 1 atom stereocenters. The zero-order valence-corrected chi connectivity index (χ0v) is 13.9. The third-order valence-corrected chi connectivity index (χ3v) is 3.67. The summed E-state index contributed by atoms with van der Waals surface area (Å²) in [5, 5.41) is 9.45. The summed E-state index contributed by atoms with van der Waals surface area (Å²) in [4.78, 5) is 28.0. The van der Waals surface area contributed by atoms with Crippen molar-refractivity contribution in [2.75, 3.05) is 6.61 Å². The molecule has 11 heteroatoms. The van der Waals surface area contributed by atoms with Crippen LogP contribution in [0.5, 0.6) is 0 Å². The number of aliphatic hydroxyl groups is 1. The van der Waals surface area contributed by atoms with Crippen molar-refractivity contribution in [3.05, 3.63) is 27.2 Å². The van der Waals surface area contributed by atoms with Gasteiger partial charge >= 0.3 is 5.69 Å². The van der Waals surface area contributed by atoms with Crippen molar-refractivity contribution in [1.82, 2.24) is 18.7 Å². The summed E-state index contributed by atoms with van der Waals surface area (Å²) in [5.74, 6) is 0. The zero-order chi connectivity index (χ0) is 16.7. The molecule has 1 N–H and O–H groups in total. The molecule has 0 aliphatic heterocycles. The van der Waals surface area contributed by atoms with Gasteiger partial charge in [-0.2, -0.15) is 0 Å². The normalized spacial score (nSPS) is 13.7. The number of aryl methyl sites for hydroxylation is 1. The minimum absolute atomic E-state index is 0.0213. The van der Waals surface area contributed by atoms with Crippen LogP contribution in [-0.4, -0.2) is 40.5 Å². The van der Waals surface area contributed by atoms with E-state index >= 15 is 0 Å². The lowest BCUT2D eigenvalue weighted by Crippen LogP contribution is -2.37. The fourth-order valence-electron chi connectivity index (χ4n) is 1.92. The van der Waals surface area contributed by atoms with Crippen molar-refractivity contribution in [1.29, 1.82) is 0 Å². The van der Waals surface area contributed by atoms with Crippen LogP contribution in [0, 0.1) is 0 Å². The van der Waals surface area contributed by atoms with Crippen molar-refractivity contribution >= 4 is 46.0 Å². The number of alkyl halides is 3. The maximum Gasteiger partial charge on any atom is 0.332 e. The third-order valence-electron chi connectivity index (χ3n) is 3.11. The Morgan fingerprint density at radius 1 is 1.32 bits per heavy atom. The van der Waals surface area contributed by atoms with Crippen LogP contribution in [-0.2, 0) is 25.4 Å². The molecule has 0 amide bonds. The second-order valence-corrected chi connectivity index (χ2v) is 6.95. The van der Waals surface area contributed by atoms with Crippen molar-refractivity contribution in [3.8, 4) is 0 Å². The van der Waals surface area contributed by atoms with Crippen molar-refractivity contribution in [2.45, 2.75) is 16.6 Å². The summed E-state index contributed by atoms with van der Waals surface area (Å²) in [6.07, 6.45) is -0.198. The van der Waals surface area contributed by atoms with Crippen LogP contribution in [0.15, 0.2) is 15.9 Å². The highest BCUT2D eigenvalue weighted by atomic mass is 35.6. The predicted octanol–water partition coefficient (Wildman–Crippen LogP) is 0.139. The summed E-state index contributed by atoms with van der Waals surface area (Å²) < 4.78 is 6.78. The average Bonchev–Trinajstić information content (AvgIpc) is 2.85. The van der Waals surface area contributed by atoms with Crippen LogP contribution in [0.2, 0.25) is 0 Å². The summed E-state index contributed by atoms with van der Waals surface area (Å²) in [5.41, 5.74) is -0.435. The first-order chi connectivity index (χ1) is 10.1. The summed E-state index contributed by atoms with van der Waals surface area (Å²) in [6, 6.07) is 0. The molecule has 0 radical (unpaired) electrons. The largest absolute Gasteiger partial charge is 0.365 e. The molecular formula is C11H13Cl3N4O4. The van der Waals surface area contributed by atoms with Gasteiger partial charge in [-0.25, -0.2) is 9.78 Å². The number of fused-ring (bicyclic) bond motifs is 1. The minimum atomic E-state index is -1.96. The Hall–Kier alpha value is -1.06. The van der Waals surface area contributed by atoms with E-state index in [1.165, 1.54) is 29.6 Å². The van der Waals surface area contributed by atoms with Crippen LogP contribution in [0.3, 0.4) is 0 Å². The smallest absolute Gasteiger partial charge is 0.332 e. The fraction of sp³-hybridized carbons (Fsp3) is 0.545. The number of ether oxygens (including phenoxy) is 1. The van der Waals surface area contributed by atoms with Gasteiger partial charge in [-0.15, -0.1) is 0 Å². The summed E-state index contributed by atoms with van der Waals surface area (Å²) >= 11 is 16.4. The monoisotopic (exact) mass is 370 g/mol. The van der Waals surface area contributed by atoms with Crippen molar-refractivity contribution < 1.29 is 9.84 Å². The lowest BCUT2D eigenvalue weighted by atomic mass is 10.5. The molecule has 0 spiro atoms. The van der Waals surface area contributed by atoms with Gasteiger partial charge < -0.3 is 14.4 Å². The van der Waals surface area contributed by atoms with Crippen LogP contribution in [0.4, 0.5) is 0 Å². The molecule has 0 saturated carbocycles. The van der Waals surface area contributed by atoms with Gasteiger partial charge in [0.2, 0.25) is 10.1 Å². The van der Waals surface area contributed by atoms with Gasteiger partial charge in [-0.3, -0.25) is 13.9 Å². The number of rotatable bonds is 4. The van der Waals surface area contributed by atoms with Gasteiger partial charge in [0.05, 0.1) is 12.9 Å². The molecule has 2 rings (SSSR count). The van der Waals surface area contributed by atoms with Crippen LogP contribution in [0.1, 0.15) is 0 Å². The predicted molar refractivity (Wildman–Crippen MR) is 82.5 cm³/mol. The van der Waals surface area contributed by atoms with Crippen LogP contribution < -0.4 is 11.2 Å². The Morgan fingerprint density at radius 3 is 2.55 bits per heavy atom. The molecule has 2 aromatic heterocycles. The maximum atomic E-state index is 12.2. The van der Waals surface area contributed by atoms with Crippen LogP contribution >= 0.6 is 34.8 Å². The quantitative estimate of drug-likeness (QED) is 0.610. The summed E-state index contributed by atoms with van der Waals surface area (Å²) in [7, 11) is 2.90. The van der Waals surface area contributed by atoms with E-state index < -0.39 is 21.3 Å². The number of hydrogen-bond acceptors (Lipinski definition) is 5. The van der Waals surface area contributed by atoms with E-state index in [2.05, 4.69) is 4.98 Å². The van der Waals surface area contributed by atoms with Gasteiger partial charge in [0.25, 0.3) is 5.56 Å². The number of nitrogens with zero attached hydrogens (tertiary/aromatic N) is 4. The Balaban J connectivity index is 2.28. The van der Waals surface area contributed by atoms with E-state index in [0.717, 1.165) is 4.57 Å². The Morgan fingerprint density at radius 2 is 1.95 bits per heavy atom. The highest BCUT2D eigenvalue weighted by Crippen LogP contribution is 2.30. The molecule has 0 aliphatic rings. The Bertz CT molecular complexity index is 804. The first-order valence-electron chi connectivity index (χ1n) is 6.12. The van der Waals surface area contributed by atoms with Crippen molar-refractivity contribution in [2.24, 2.45) is 14.1 Å². The molecule has 0 aliphatic carbocycles. The van der Waals surface area contributed by atoms with E-state index in [1.54, 1.807) is 0 Å². The second-order valence-electron chi connectivity index (χ2n) is 4.58. The molecule has 22 heavy (non-hydrogen) atoms. The SMILES string of the molecule is Cn1c(=O)c2c(ncn2CCO[C@@H](O)C(Cl)(Cl)Cl)n(C)c1=O. The summed E-state index contributed by atoms with van der Waals surface area (Å²) in [6.45, 7) is 0.161. The number of imidazole rings is 1. The molecule has 122 valence electrons. The highest BCUT2D eigenvalue weighted by molar-refractivity contribution is 6.67. The number of hydrogen-bond donors (Lipinski definition) is 1. The standard InChI is InChI=1S/C11H13Cl3N4O4/c1-16-7-6(8(19)17(2)10(16)21)18(5-15-7)3-4-22-9(20)11(12,13)14/h5,9,20H,3-4H2,1-2H3/t9-/m1/s1. The number of aliphatic hydroxyl groups excluding tert-OH is 1. The first kappa shape index (κ1) is 17.3. The molecule has 0 fully saturated rings. The molecule has 0 aromatic carbocycles. The van der Waals surface area contributed by atoms with Crippen LogP contribution in [0.25, 0.3) is 11.2 Å². The van der Waals surface area contributed by atoms with E-state index in [9.17, 15) is 14.7 Å². The maximum absolute atomic E-state index is 12.2. The zero-order valence-electron chi connectivity index (χ0n) is 11.7. The molecule has 0 bridgehead atoms. The molecule has 8 nitrogen and oxygen atoms in total. The third kappa shape index (κ3) is 3.16. The fourth-order valence-corrected chi connectivity index (χ4v) is 2.11. The lowest BCUT2D eigenvalue weighted by Gasteiger charge is -2.19. The Labute approximate surface area is 139 Å². The molecule has 2 aromatic rings. The van der Waals surface area contributed by atoms with Gasteiger partial charge in [0.1, 0.15) is 0 Å². The lowest BCUT2D eigenvalue weighted by molar-refractivity contribution is -0.0971.